The van der Waals surface area contributed by atoms with Crippen molar-refractivity contribution in [3.05, 3.63) is 30.1 Å². The smallest absolute Gasteiger partial charge is 0.314 e. The van der Waals surface area contributed by atoms with Crippen molar-refractivity contribution in [1.82, 2.24) is 10.3 Å². The maximum absolute atomic E-state index is 13.0. The molecule has 5 heteroatoms. The summed E-state index contributed by atoms with van der Waals surface area (Å²) in [6.07, 6.45) is 0.439. The zero-order valence-corrected chi connectivity index (χ0v) is 12.4. The summed E-state index contributed by atoms with van der Waals surface area (Å²) < 4.78 is 38.9. The normalized spacial score (nSPS) is 24.8. The number of nitrogens with zero attached hydrogens (tertiary/aromatic N) is 1. The zero-order valence-electron chi connectivity index (χ0n) is 12.4. The summed E-state index contributed by atoms with van der Waals surface area (Å²) in [4.78, 5) is 4.30. The van der Waals surface area contributed by atoms with Crippen LogP contribution in [0.2, 0.25) is 0 Å². The van der Waals surface area contributed by atoms with Crippen LogP contribution in [0.4, 0.5) is 13.2 Å². The number of rotatable bonds is 5. The molecule has 1 aliphatic carbocycles. The minimum absolute atomic E-state index is 0.0762. The maximum atomic E-state index is 13.0. The third kappa shape index (κ3) is 4.70. The molecule has 3 atom stereocenters. The average molecular weight is 300 g/mol. The summed E-state index contributed by atoms with van der Waals surface area (Å²) >= 11 is 0. The second-order valence-corrected chi connectivity index (χ2v) is 5.85. The average Bonchev–Trinajstić information content (AvgIpc) is 2.47. The van der Waals surface area contributed by atoms with Crippen LogP contribution in [0.25, 0.3) is 0 Å². The lowest BCUT2D eigenvalue weighted by Crippen LogP contribution is -2.42. The van der Waals surface area contributed by atoms with Crippen LogP contribution in [0.3, 0.4) is 0 Å². The lowest BCUT2D eigenvalue weighted by Gasteiger charge is -2.35. The van der Waals surface area contributed by atoms with E-state index in [0.717, 1.165) is 18.7 Å². The Bertz CT molecular complexity index is 419. The Morgan fingerprint density at radius 3 is 2.76 bits per heavy atom. The molecule has 2 rings (SSSR count). The van der Waals surface area contributed by atoms with Crippen LogP contribution in [0, 0.1) is 11.8 Å². The molecule has 0 bridgehead atoms. The standard InChI is InChI=1S/C16H23F3N2/c1-2-20-15(11-14-8-3-4-9-21-14)12-6-5-7-13(10-12)16(17,18)19/h3-4,8-9,12-13,15,20H,2,5-7,10-11H2,1H3. The zero-order chi connectivity index (χ0) is 15.3. The molecule has 1 heterocycles. The minimum atomic E-state index is -4.06. The summed E-state index contributed by atoms with van der Waals surface area (Å²) in [5.74, 6) is -1.06. The number of likely N-dealkylation sites (N-methyl/N-ethyl adjacent to an activating group) is 1. The lowest BCUT2D eigenvalue weighted by atomic mass is 9.76. The van der Waals surface area contributed by atoms with E-state index in [0.29, 0.717) is 12.8 Å². The summed E-state index contributed by atoms with van der Waals surface area (Å²) in [5.41, 5.74) is 0.942. The van der Waals surface area contributed by atoms with Crippen LogP contribution in [0.1, 0.15) is 38.3 Å². The van der Waals surface area contributed by atoms with Gasteiger partial charge in [0.1, 0.15) is 0 Å². The first-order valence-electron chi connectivity index (χ1n) is 7.70. The molecule has 0 amide bonds. The van der Waals surface area contributed by atoms with E-state index in [1.807, 2.05) is 25.1 Å². The van der Waals surface area contributed by atoms with E-state index in [4.69, 9.17) is 0 Å². The molecule has 1 saturated carbocycles. The minimum Gasteiger partial charge on any atom is -0.314 e. The fraction of sp³-hybridized carbons (Fsp3) is 0.688. The van der Waals surface area contributed by atoms with Gasteiger partial charge in [-0.2, -0.15) is 13.2 Å². The predicted molar refractivity (Wildman–Crippen MR) is 76.9 cm³/mol. The van der Waals surface area contributed by atoms with Crippen LogP contribution in [-0.2, 0) is 6.42 Å². The molecule has 0 aromatic carbocycles. The van der Waals surface area contributed by atoms with Crippen molar-refractivity contribution in [2.45, 2.75) is 51.2 Å². The van der Waals surface area contributed by atoms with Gasteiger partial charge in [-0.25, -0.2) is 0 Å². The molecule has 3 unspecified atom stereocenters. The molecule has 0 spiro atoms. The van der Waals surface area contributed by atoms with Crippen molar-refractivity contribution in [1.29, 1.82) is 0 Å². The van der Waals surface area contributed by atoms with E-state index >= 15 is 0 Å². The molecule has 1 aromatic rings. The van der Waals surface area contributed by atoms with Crippen molar-refractivity contribution in [3.63, 3.8) is 0 Å². The number of halogens is 3. The van der Waals surface area contributed by atoms with Crippen LogP contribution >= 0.6 is 0 Å². The molecule has 1 fully saturated rings. The highest BCUT2D eigenvalue weighted by molar-refractivity contribution is 5.06. The second kappa shape index (κ2) is 7.25. The van der Waals surface area contributed by atoms with E-state index in [9.17, 15) is 13.2 Å². The van der Waals surface area contributed by atoms with Gasteiger partial charge in [0.25, 0.3) is 0 Å². The third-order valence-electron chi connectivity index (χ3n) is 4.37. The summed E-state index contributed by atoms with van der Waals surface area (Å²) in [7, 11) is 0. The number of nitrogens with one attached hydrogen (secondary N) is 1. The molecule has 21 heavy (non-hydrogen) atoms. The van der Waals surface area contributed by atoms with Gasteiger partial charge in [0, 0.05) is 24.4 Å². The van der Waals surface area contributed by atoms with E-state index in [1.165, 1.54) is 0 Å². The molecule has 0 radical (unpaired) electrons. The summed E-state index contributed by atoms with van der Waals surface area (Å²) in [6, 6.07) is 5.79. The highest BCUT2D eigenvalue weighted by Gasteiger charge is 2.43. The van der Waals surface area contributed by atoms with Crippen molar-refractivity contribution < 1.29 is 13.2 Å². The Kier molecular flexibility index (Phi) is 5.62. The van der Waals surface area contributed by atoms with Gasteiger partial charge in [-0.3, -0.25) is 4.98 Å². The largest absolute Gasteiger partial charge is 0.391 e. The van der Waals surface area contributed by atoms with E-state index in [1.54, 1.807) is 6.20 Å². The van der Waals surface area contributed by atoms with Gasteiger partial charge in [0.2, 0.25) is 0 Å². The van der Waals surface area contributed by atoms with Gasteiger partial charge in [-0.15, -0.1) is 0 Å². The highest BCUT2D eigenvalue weighted by Crippen LogP contribution is 2.41. The van der Waals surface area contributed by atoms with E-state index in [2.05, 4.69) is 10.3 Å². The molecule has 2 nitrogen and oxygen atoms in total. The summed E-state index contributed by atoms with van der Waals surface area (Å²) in [6.45, 7) is 2.76. The molecule has 118 valence electrons. The Hall–Kier alpha value is -1.10. The quantitative estimate of drug-likeness (QED) is 0.890. The fourth-order valence-electron chi connectivity index (χ4n) is 3.30. The van der Waals surface area contributed by atoms with Gasteiger partial charge >= 0.3 is 6.18 Å². The molecule has 1 aromatic heterocycles. The van der Waals surface area contributed by atoms with Crippen molar-refractivity contribution >= 4 is 0 Å². The monoisotopic (exact) mass is 300 g/mol. The molecular formula is C16H23F3N2. The van der Waals surface area contributed by atoms with Gasteiger partial charge in [0.15, 0.2) is 0 Å². The second-order valence-electron chi connectivity index (χ2n) is 5.85. The Balaban J connectivity index is 2.03. The number of aromatic nitrogens is 1. The molecular weight excluding hydrogens is 277 g/mol. The topological polar surface area (TPSA) is 24.9 Å². The Morgan fingerprint density at radius 2 is 2.14 bits per heavy atom. The van der Waals surface area contributed by atoms with Crippen molar-refractivity contribution in [3.8, 4) is 0 Å². The number of alkyl halides is 3. The molecule has 0 saturated heterocycles. The predicted octanol–water partition coefficient (Wildman–Crippen LogP) is 3.97. The van der Waals surface area contributed by atoms with E-state index in [-0.39, 0.29) is 24.8 Å². The van der Waals surface area contributed by atoms with Gasteiger partial charge in [-0.05, 0) is 43.9 Å². The van der Waals surface area contributed by atoms with Gasteiger partial charge in [0.05, 0.1) is 5.92 Å². The first-order chi connectivity index (χ1) is 10.0. The summed E-state index contributed by atoms with van der Waals surface area (Å²) in [5, 5.41) is 3.37. The third-order valence-corrected chi connectivity index (χ3v) is 4.37. The van der Waals surface area contributed by atoms with Crippen LogP contribution in [-0.4, -0.2) is 23.7 Å². The highest BCUT2D eigenvalue weighted by atomic mass is 19.4. The van der Waals surface area contributed by atoms with Crippen LogP contribution < -0.4 is 5.32 Å². The van der Waals surface area contributed by atoms with Crippen molar-refractivity contribution in [2.24, 2.45) is 11.8 Å². The fourth-order valence-corrected chi connectivity index (χ4v) is 3.30. The Labute approximate surface area is 124 Å². The maximum Gasteiger partial charge on any atom is 0.391 e. The first-order valence-corrected chi connectivity index (χ1v) is 7.70. The van der Waals surface area contributed by atoms with Gasteiger partial charge < -0.3 is 5.32 Å². The Morgan fingerprint density at radius 1 is 1.33 bits per heavy atom. The number of hydrogen-bond donors (Lipinski definition) is 1. The van der Waals surface area contributed by atoms with Crippen molar-refractivity contribution in [2.75, 3.05) is 6.54 Å². The van der Waals surface area contributed by atoms with Crippen LogP contribution in [0.5, 0.6) is 0 Å². The number of pyridine rings is 1. The van der Waals surface area contributed by atoms with Crippen LogP contribution in [0.15, 0.2) is 24.4 Å². The number of hydrogen-bond acceptors (Lipinski definition) is 2. The van der Waals surface area contributed by atoms with E-state index < -0.39 is 12.1 Å². The van der Waals surface area contributed by atoms with Gasteiger partial charge in [-0.1, -0.05) is 19.4 Å². The molecule has 1 aliphatic rings. The molecule has 0 aliphatic heterocycles. The molecule has 1 N–H and O–H groups in total. The lowest BCUT2D eigenvalue weighted by molar-refractivity contribution is -0.186. The SMILES string of the molecule is CCNC(Cc1ccccn1)C1CCCC(C(F)(F)F)C1. The first kappa shape index (κ1) is 16.3.